The molecule has 34 heavy (non-hydrogen) atoms. The zero-order chi connectivity index (χ0) is 24.8. The Morgan fingerprint density at radius 2 is 1.79 bits per heavy atom. The molecule has 5 atom stereocenters. The summed E-state index contributed by atoms with van der Waals surface area (Å²) in [6.07, 6.45) is -0.556. The number of amides is 1. The number of hydrogen-bond acceptors (Lipinski definition) is 7. The third-order valence-corrected chi connectivity index (χ3v) is 6.48. The second kappa shape index (κ2) is 11.4. The SMILES string of the molecule is CCOC(=O)[C@H]1C[C@@H](C(=O)N(C)[C@H](C)[C@@H](O)c2ccccc2)[C@@H](c2ccc(OC)c(OC)c2)N1. The van der Waals surface area contributed by atoms with Crippen LogP contribution in [0.3, 0.4) is 0 Å². The minimum Gasteiger partial charge on any atom is -0.493 e. The number of nitrogens with zero attached hydrogens (tertiary/aromatic N) is 1. The Morgan fingerprint density at radius 1 is 1.12 bits per heavy atom. The van der Waals surface area contributed by atoms with Gasteiger partial charge in [-0.3, -0.25) is 14.9 Å². The van der Waals surface area contributed by atoms with E-state index in [4.69, 9.17) is 14.2 Å². The molecular formula is C26H34N2O6. The molecule has 2 aromatic carbocycles. The van der Waals surface area contributed by atoms with Crippen LogP contribution in [0.15, 0.2) is 48.5 Å². The van der Waals surface area contributed by atoms with E-state index in [1.165, 1.54) is 0 Å². The molecule has 2 N–H and O–H groups in total. The highest BCUT2D eigenvalue weighted by Gasteiger charge is 2.44. The highest BCUT2D eigenvalue weighted by Crippen LogP contribution is 2.39. The fourth-order valence-electron chi connectivity index (χ4n) is 4.42. The first-order chi connectivity index (χ1) is 16.3. The van der Waals surface area contributed by atoms with Gasteiger partial charge in [-0.15, -0.1) is 0 Å². The summed E-state index contributed by atoms with van der Waals surface area (Å²) < 4.78 is 16.0. The molecule has 1 fully saturated rings. The molecule has 8 nitrogen and oxygen atoms in total. The first-order valence-electron chi connectivity index (χ1n) is 11.5. The molecule has 0 bridgehead atoms. The van der Waals surface area contributed by atoms with Gasteiger partial charge in [0, 0.05) is 13.1 Å². The average molecular weight is 471 g/mol. The number of methoxy groups -OCH3 is 2. The van der Waals surface area contributed by atoms with Crippen LogP contribution < -0.4 is 14.8 Å². The van der Waals surface area contributed by atoms with Crippen molar-refractivity contribution >= 4 is 11.9 Å². The van der Waals surface area contributed by atoms with Crippen molar-refractivity contribution < 1.29 is 28.9 Å². The standard InChI is InChI=1S/C26H34N2O6/c1-6-34-26(31)20-15-19(23(27-20)18-12-13-21(32-4)22(14-18)33-5)25(30)28(3)16(2)24(29)17-10-8-7-9-11-17/h7-14,16,19-20,23-24,27,29H,6,15H2,1-5H3/t16-,19-,20-,23-,24-/m1/s1. The summed E-state index contributed by atoms with van der Waals surface area (Å²) >= 11 is 0. The van der Waals surface area contributed by atoms with Crippen LogP contribution in [0, 0.1) is 5.92 Å². The summed E-state index contributed by atoms with van der Waals surface area (Å²) in [5, 5.41) is 14.1. The topological polar surface area (TPSA) is 97.3 Å². The first kappa shape index (κ1) is 25.5. The van der Waals surface area contributed by atoms with E-state index in [0.717, 1.165) is 11.1 Å². The van der Waals surface area contributed by atoms with Crippen LogP contribution in [0.25, 0.3) is 0 Å². The summed E-state index contributed by atoms with van der Waals surface area (Å²) in [6, 6.07) is 13.2. The van der Waals surface area contributed by atoms with Gasteiger partial charge in [0.25, 0.3) is 0 Å². The molecule has 0 aliphatic carbocycles. The van der Waals surface area contributed by atoms with Crippen molar-refractivity contribution in [1.29, 1.82) is 0 Å². The molecule has 1 saturated heterocycles. The van der Waals surface area contributed by atoms with Crippen molar-refractivity contribution in [3.05, 3.63) is 59.7 Å². The third-order valence-electron chi connectivity index (χ3n) is 6.48. The second-order valence-corrected chi connectivity index (χ2v) is 8.45. The largest absolute Gasteiger partial charge is 0.493 e. The zero-order valence-electron chi connectivity index (χ0n) is 20.4. The van der Waals surface area contributed by atoms with E-state index in [9.17, 15) is 14.7 Å². The Bertz CT molecular complexity index is 983. The fourth-order valence-corrected chi connectivity index (χ4v) is 4.42. The van der Waals surface area contributed by atoms with Gasteiger partial charge in [0.2, 0.25) is 5.91 Å². The number of aliphatic hydroxyl groups is 1. The zero-order valence-corrected chi connectivity index (χ0v) is 20.4. The number of likely N-dealkylation sites (N-methyl/N-ethyl adjacent to an activating group) is 1. The maximum Gasteiger partial charge on any atom is 0.323 e. The molecule has 0 radical (unpaired) electrons. The number of rotatable bonds is 9. The van der Waals surface area contributed by atoms with Gasteiger partial charge in [-0.1, -0.05) is 36.4 Å². The van der Waals surface area contributed by atoms with Gasteiger partial charge in [0.15, 0.2) is 11.5 Å². The third kappa shape index (κ3) is 5.34. The smallest absolute Gasteiger partial charge is 0.323 e. The van der Waals surface area contributed by atoms with Crippen LogP contribution in [-0.2, 0) is 14.3 Å². The molecule has 0 aromatic heterocycles. The van der Waals surface area contributed by atoms with Crippen LogP contribution in [0.2, 0.25) is 0 Å². The molecule has 1 amide bonds. The Hall–Kier alpha value is -3.10. The molecule has 0 saturated carbocycles. The van der Waals surface area contributed by atoms with Gasteiger partial charge in [-0.05, 0) is 43.5 Å². The number of aliphatic hydroxyl groups excluding tert-OH is 1. The van der Waals surface area contributed by atoms with Gasteiger partial charge in [-0.2, -0.15) is 0 Å². The molecule has 1 aliphatic rings. The molecule has 0 unspecified atom stereocenters. The minimum atomic E-state index is -0.843. The van der Waals surface area contributed by atoms with E-state index in [2.05, 4.69) is 5.32 Å². The molecule has 2 aromatic rings. The van der Waals surface area contributed by atoms with Crippen LogP contribution in [-0.4, -0.2) is 61.8 Å². The quantitative estimate of drug-likeness (QED) is 0.544. The highest BCUT2D eigenvalue weighted by atomic mass is 16.5. The Labute approximate surface area is 200 Å². The minimum absolute atomic E-state index is 0.165. The lowest BCUT2D eigenvalue weighted by Gasteiger charge is -2.32. The van der Waals surface area contributed by atoms with Crippen molar-refractivity contribution in [3.8, 4) is 11.5 Å². The Balaban J connectivity index is 1.88. The van der Waals surface area contributed by atoms with Crippen molar-refractivity contribution in [3.63, 3.8) is 0 Å². The lowest BCUT2D eigenvalue weighted by atomic mass is 9.91. The van der Waals surface area contributed by atoms with Crippen LogP contribution >= 0.6 is 0 Å². The van der Waals surface area contributed by atoms with Crippen molar-refractivity contribution in [2.75, 3.05) is 27.9 Å². The molecule has 1 aliphatic heterocycles. The number of benzene rings is 2. The van der Waals surface area contributed by atoms with Crippen LogP contribution in [0.1, 0.15) is 43.5 Å². The molecule has 184 valence electrons. The van der Waals surface area contributed by atoms with Crippen LogP contribution in [0.5, 0.6) is 11.5 Å². The Morgan fingerprint density at radius 3 is 2.41 bits per heavy atom. The van der Waals surface area contributed by atoms with Gasteiger partial charge >= 0.3 is 5.97 Å². The summed E-state index contributed by atoms with van der Waals surface area (Å²) in [4.78, 5) is 27.8. The predicted octanol–water partition coefficient (Wildman–Crippen LogP) is 2.87. The molecule has 8 heteroatoms. The van der Waals surface area contributed by atoms with Gasteiger partial charge in [-0.25, -0.2) is 0 Å². The first-order valence-corrected chi connectivity index (χ1v) is 11.5. The van der Waals surface area contributed by atoms with E-state index >= 15 is 0 Å². The lowest BCUT2D eigenvalue weighted by Crippen LogP contribution is -2.43. The summed E-state index contributed by atoms with van der Waals surface area (Å²) in [6.45, 7) is 3.82. The van der Waals surface area contributed by atoms with Crippen molar-refractivity contribution in [2.24, 2.45) is 5.92 Å². The number of carbonyl (C=O) groups excluding carboxylic acids is 2. The second-order valence-electron chi connectivity index (χ2n) is 8.45. The average Bonchev–Trinajstić information content (AvgIpc) is 3.32. The van der Waals surface area contributed by atoms with E-state index in [1.807, 2.05) is 49.4 Å². The van der Waals surface area contributed by atoms with E-state index < -0.39 is 30.1 Å². The molecular weight excluding hydrogens is 436 g/mol. The maximum atomic E-state index is 13.7. The van der Waals surface area contributed by atoms with E-state index in [1.54, 1.807) is 39.2 Å². The molecule has 0 spiro atoms. The Kier molecular flexibility index (Phi) is 8.52. The van der Waals surface area contributed by atoms with Crippen molar-refractivity contribution in [1.82, 2.24) is 10.2 Å². The number of ether oxygens (including phenoxy) is 3. The van der Waals surface area contributed by atoms with E-state index in [0.29, 0.717) is 11.5 Å². The monoisotopic (exact) mass is 470 g/mol. The number of carbonyl (C=O) groups is 2. The maximum absolute atomic E-state index is 13.7. The van der Waals surface area contributed by atoms with Crippen LogP contribution in [0.4, 0.5) is 0 Å². The fraction of sp³-hybridized carbons (Fsp3) is 0.462. The molecule has 3 rings (SSSR count). The summed E-state index contributed by atoms with van der Waals surface area (Å²) in [7, 11) is 4.79. The van der Waals surface area contributed by atoms with E-state index in [-0.39, 0.29) is 24.9 Å². The highest BCUT2D eigenvalue weighted by molar-refractivity contribution is 5.84. The van der Waals surface area contributed by atoms with Crippen molar-refractivity contribution in [2.45, 2.75) is 44.5 Å². The normalized spacial score (nSPS) is 21.4. The van der Waals surface area contributed by atoms with Gasteiger partial charge in [0.1, 0.15) is 6.04 Å². The summed E-state index contributed by atoms with van der Waals surface area (Å²) in [5.41, 5.74) is 1.53. The summed E-state index contributed by atoms with van der Waals surface area (Å²) in [5.74, 6) is 0.0207. The number of nitrogens with one attached hydrogen (secondary N) is 1. The lowest BCUT2D eigenvalue weighted by molar-refractivity contribution is -0.145. The predicted molar refractivity (Wildman–Crippen MR) is 128 cm³/mol. The van der Waals surface area contributed by atoms with Gasteiger partial charge < -0.3 is 24.2 Å². The van der Waals surface area contributed by atoms with Gasteiger partial charge in [0.05, 0.1) is 38.9 Å². The molecule has 1 heterocycles. The number of esters is 1. The number of hydrogen-bond donors (Lipinski definition) is 2.